The number of aromatic nitrogens is 4. The smallest absolute Gasteiger partial charge is 0.268 e. The average Bonchev–Trinajstić information content (AvgIpc) is 3.30. The van der Waals surface area contributed by atoms with Crippen LogP contribution in [0.4, 0.5) is 0 Å². The molecule has 0 aliphatic heterocycles. The molecule has 0 saturated heterocycles. The molecule has 0 saturated carbocycles. The minimum atomic E-state index is -0.360. The summed E-state index contributed by atoms with van der Waals surface area (Å²) in [6.07, 6.45) is 6.68. The molecule has 2 aromatic heterocycles. The van der Waals surface area contributed by atoms with E-state index >= 15 is 0 Å². The van der Waals surface area contributed by atoms with Crippen LogP contribution in [0.25, 0.3) is 5.69 Å². The highest BCUT2D eigenvalue weighted by atomic mass is 16.2. The summed E-state index contributed by atoms with van der Waals surface area (Å²) in [4.78, 5) is 25.9. The molecule has 0 bridgehead atoms. The molecule has 144 valence electrons. The number of hydrogen-bond donors (Lipinski definition) is 1. The average molecular weight is 377 g/mol. The van der Waals surface area contributed by atoms with Crippen molar-refractivity contribution in [2.45, 2.75) is 39.7 Å². The van der Waals surface area contributed by atoms with E-state index in [1.165, 1.54) is 11.1 Å². The number of benzene rings is 1. The number of aryl methyl sites for hydroxylation is 3. The zero-order valence-electron chi connectivity index (χ0n) is 16.1. The van der Waals surface area contributed by atoms with Gasteiger partial charge in [-0.3, -0.25) is 18.8 Å². The molecule has 2 heterocycles. The highest BCUT2D eigenvalue weighted by Gasteiger charge is 2.20. The first-order valence-electron chi connectivity index (χ1n) is 9.53. The van der Waals surface area contributed by atoms with Gasteiger partial charge in [0.05, 0.1) is 17.9 Å². The molecule has 1 amide bonds. The van der Waals surface area contributed by atoms with Gasteiger partial charge in [-0.2, -0.15) is 0 Å². The van der Waals surface area contributed by atoms with Crippen LogP contribution in [0.15, 0.2) is 41.5 Å². The maximum Gasteiger partial charge on any atom is 0.268 e. The second kappa shape index (κ2) is 7.42. The number of rotatable bonds is 5. The molecule has 4 rings (SSSR count). The van der Waals surface area contributed by atoms with Crippen molar-refractivity contribution in [1.82, 2.24) is 24.9 Å². The van der Waals surface area contributed by atoms with Crippen molar-refractivity contribution in [1.29, 1.82) is 0 Å². The second-order valence-electron chi connectivity index (χ2n) is 7.20. The van der Waals surface area contributed by atoms with Crippen LogP contribution < -0.4 is 10.9 Å². The summed E-state index contributed by atoms with van der Waals surface area (Å²) < 4.78 is 3.27. The van der Waals surface area contributed by atoms with E-state index in [-0.39, 0.29) is 17.0 Å². The van der Waals surface area contributed by atoms with Gasteiger partial charge in [0, 0.05) is 18.9 Å². The second-order valence-corrected chi connectivity index (χ2v) is 7.20. The van der Waals surface area contributed by atoms with Gasteiger partial charge in [-0.1, -0.05) is 17.3 Å². The minimum absolute atomic E-state index is 0.188. The molecule has 7 heteroatoms. The molecule has 0 unspecified atom stereocenters. The molecule has 1 aliphatic carbocycles. The van der Waals surface area contributed by atoms with Crippen LogP contribution in [0, 0.1) is 13.8 Å². The van der Waals surface area contributed by atoms with E-state index in [1.807, 2.05) is 31.3 Å². The number of nitrogens with one attached hydrogen (secondary N) is 1. The number of fused-ring (bicyclic) bond motifs is 1. The van der Waals surface area contributed by atoms with Gasteiger partial charge in [0.2, 0.25) is 0 Å². The third-order valence-electron chi connectivity index (χ3n) is 5.19. The highest BCUT2D eigenvalue weighted by Crippen LogP contribution is 2.27. The Kier molecular flexibility index (Phi) is 4.81. The first-order valence-corrected chi connectivity index (χ1v) is 9.53. The molecular weight excluding hydrogens is 354 g/mol. The van der Waals surface area contributed by atoms with Gasteiger partial charge in [0.15, 0.2) is 0 Å². The van der Waals surface area contributed by atoms with Crippen molar-refractivity contribution in [2.24, 2.45) is 0 Å². The van der Waals surface area contributed by atoms with Crippen molar-refractivity contribution < 1.29 is 4.79 Å². The van der Waals surface area contributed by atoms with E-state index in [2.05, 4.69) is 21.7 Å². The summed E-state index contributed by atoms with van der Waals surface area (Å²) in [5.74, 6) is -0.360. The van der Waals surface area contributed by atoms with Crippen molar-refractivity contribution in [3.8, 4) is 5.69 Å². The number of hydrogen-bond acceptors (Lipinski definition) is 4. The van der Waals surface area contributed by atoms with Crippen molar-refractivity contribution >= 4 is 5.91 Å². The highest BCUT2D eigenvalue weighted by molar-refractivity contribution is 5.95. The Hall–Kier alpha value is -3.22. The SMILES string of the molecule is Cc1cn(CCNC(=O)c2c(C)ccn(-c3cccc4c3CCC4)c2=O)nn1. The molecule has 1 N–H and O–H groups in total. The van der Waals surface area contributed by atoms with E-state index in [0.29, 0.717) is 18.7 Å². The van der Waals surface area contributed by atoms with Gasteiger partial charge in [-0.15, -0.1) is 5.10 Å². The zero-order chi connectivity index (χ0) is 19.7. The molecule has 0 radical (unpaired) electrons. The standard InChI is InChI=1S/C21H23N5O2/c1-14-9-11-26(18-8-4-6-16-5-3-7-17(16)18)21(28)19(14)20(27)22-10-12-25-13-15(2)23-24-25/h4,6,8-9,11,13H,3,5,7,10,12H2,1-2H3,(H,22,27). The Morgan fingerprint density at radius 2 is 2.07 bits per heavy atom. The Morgan fingerprint density at radius 1 is 1.21 bits per heavy atom. The fourth-order valence-corrected chi connectivity index (χ4v) is 3.79. The molecule has 0 atom stereocenters. The molecule has 0 fully saturated rings. The van der Waals surface area contributed by atoms with Gasteiger partial charge < -0.3 is 5.32 Å². The number of nitrogens with zero attached hydrogens (tertiary/aromatic N) is 4. The lowest BCUT2D eigenvalue weighted by molar-refractivity contribution is 0.0949. The number of amides is 1. The molecule has 28 heavy (non-hydrogen) atoms. The van der Waals surface area contributed by atoms with E-state index in [0.717, 1.165) is 30.6 Å². The Labute approximate surface area is 163 Å². The predicted octanol–water partition coefficient (Wildman–Crippen LogP) is 1.96. The summed E-state index contributed by atoms with van der Waals surface area (Å²) in [5.41, 5.74) is 4.78. The van der Waals surface area contributed by atoms with Gasteiger partial charge in [-0.25, -0.2) is 0 Å². The van der Waals surface area contributed by atoms with Gasteiger partial charge >= 0.3 is 0 Å². The molecule has 0 spiro atoms. The van der Waals surface area contributed by atoms with Gasteiger partial charge in [-0.05, 0) is 61.9 Å². The third kappa shape index (κ3) is 3.35. The minimum Gasteiger partial charge on any atom is -0.350 e. The molecular formula is C21H23N5O2. The normalized spacial score (nSPS) is 12.8. The van der Waals surface area contributed by atoms with Crippen molar-refractivity contribution in [3.05, 3.63) is 75.0 Å². The number of pyridine rings is 1. The number of carbonyl (C=O) groups is 1. The quantitative estimate of drug-likeness (QED) is 0.737. The third-order valence-corrected chi connectivity index (χ3v) is 5.19. The maximum atomic E-state index is 13.1. The monoisotopic (exact) mass is 377 g/mol. The summed E-state index contributed by atoms with van der Waals surface area (Å²) in [6, 6.07) is 7.87. The Bertz CT molecular complexity index is 1100. The lowest BCUT2D eigenvalue weighted by Crippen LogP contribution is -2.35. The lowest BCUT2D eigenvalue weighted by Gasteiger charge is -2.14. The van der Waals surface area contributed by atoms with Crippen LogP contribution in [-0.2, 0) is 19.4 Å². The Balaban J connectivity index is 1.59. The maximum absolute atomic E-state index is 13.1. The summed E-state index contributed by atoms with van der Waals surface area (Å²) >= 11 is 0. The summed E-state index contributed by atoms with van der Waals surface area (Å²) in [7, 11) is 0. The first-order chi connectivity index (χ1) is 13.5. The molecule has 1 aliphatic rings. The van der Waals surface area contributed by atoms with Crippen molar-refractivity contribution in [2.75, 3.05) is 6.54 Å². The van der Waals surface area contributed by atoms with Crippen LogP contribution in [-0.4, -0.2) is 32.0 Å². The van der Waals surface area contributed by atoms with E-state index in [9.17, 15) is 9.59 Å². The summed E-state index contributed by atoms with van der Waals surface area (Å²) in [5, 5.41) is 10.7. The van der Waals surface area contributed by atoms with E-state index < -0.39 is 0 Å². The largest absolute Gasteiger partial charge is 0.350 e. The van der Waals surface area contributed by atoms with Crippen molar-refractivity contribution in [3.63, 3.8) is 0 Å². The number of carbonyl (C=O) groups excluding carboxylic acids is 1. The molecule has 7 nitrogen and oxygen atoms in total. The van der Waals surface area contributed by atoms with E-state index in [1.54, 1.807) is 22.4 Å². The molecule has 3 aromatic rings. The molecule has 1 aromatic carbocycles. The van der Waals surface area contributed by atoms with Gasteiger partial charge in [0.25, 0.3) is 11.5 Å². The Morgan fingerprint density at radius 3 is 2.86 bits per heavy atom. The van der Waals surface area contributed by atoms with E-state index in [4.69, 9.17) is 0 Å². The van der Waals surface area contributed by atoms with Crippen LogP contribution >= 0.6 is 0 Å². The predicted molar refractivity (Wildman–Crippen MR) is 106 cm³/mol. The zero-order valence-corrected chi connectivity index (χ0v) is 16.1. The fourth-order valence-electron chi connectivity index (χ4n) is 3.79. The van der Waals surface area contributed by atoms with Gasteiger partial charge in [0.1, 0.15) is 5.56 Å². The fraction of sp³-hybridized carbons (Fsp3) is 0.333. The van der Waals surface area contributed by atoms with Crippen LogP contribution in [0.3, 0.4) is 0 Å². The summed E-state index contributed by atoms with van der Waals surface area (Å²) in [6.45, 7) is 4.52. The van der Waals surface area contributed by atoms with Crippen LogP contribution in [0.5, 0.6) is 0 Å². The lowest BCUT2D eigenvalue weighted by atomic mass is 10.1. The first kappa shape index (κ1) is 18.2. The van der Waals surface area contributed by atoms with Crippen LogP contribution in [0.2, 0.25) is 0 Å². The topological polar surface area (TPSA) is 81.8 Å². The van der Waals surface area contributed by atoms with Crippen LogP contribution in [0.1, 0.15) is 39.2 Å².